The highest BCUT2D eigenvalue weighted by molar-refractivity contribution is 9.10. The van der Waals surface area contributed by atoms with Crippen LogP contribution in [0.2, 0.25) is 0 Å². The first-order valence-corrected chi connectivity index (χ1v) is 4.09. The van der Waals surface area contributed by atoms with Gasteiger partial charge in [-0.3, -0.25) is 5.10 Å². The first-order chi connectivity index (χ1) is 5.84. The summed E-state index contributed by atoms with van der Waals surface area (Å²) in [5.74, 6) is 0. The maximum atomic E-state index is 4.79. The SMILES string of the molecule is C=CCO/N=C\c1[nH]ncc1Br. The van der Waals surface area contributed by atoms with Crippen LogP contribution in [0.1, 0.15) is 5.69 Å². The number of H-pyrrole nitrogens is 1. The molecule has 0 saturated heterocycles. The van der Waals surface area contributed by atoms with E-state index in [1.165, 1.54) is 0 Å². The van der Waals surface area contributed by atoms with Crippen LogP contribution in [0.5, 0.6) is 0 Å². The van der Waals surface area contributed by atoms with Gasteiger partial charge in [0.15, 0.2) is 0 Å². The van der Waals surface area contributed by atoms with Crippen molar-refractivity contribution in [2.75, 3.05) is 6.61 Å². The van der Waals surface area contributed by atoms with Crippen LogP contribution in [0.15, 0.2) is 28.5 Å². The Morgan fingerprint density at radius 2 is 2.67 bits per heavy atom. The number of nitrogens with one attached hydrogen (secondary N) is 1. The van der Waals surface area contributed by atoms with Crippen LogP contribution in [0.3, 0.4) is 0 Å². The molecular formula is C7H8BrN3O. The van der Waals surface area contributed by atoms with Crippen LogP contribution in [-0.4, -0.2) is 23.0 Å². The predicted molar refractivity (Wildman–Crippen MR) is 50.0 cm³/mol. The lowest BCUT2D eigenvalue weighted by atomic mass is 10.5. The van der Waals surface area contributed by atoms with Gasteiger partial charge in [-0.25, -0.2) is 0 Å². The number of nitrogens with zero attached hydrogens (tertiary/aromatic N) is 2. The maximum absolute atomic E-state index is 4.79. The molecule has 0 radical (unpaired) electrons. The van der Waals surface area contributed by atoms with Crippen molar-refractivity contribution in [2.45, 2.75) is 0 Å². The first kappa shape index (κ1) is 8.99. The minimum absolute atomic E-state index is 0.405. The molecule has 0 aliphatic carbocycles. The minimum Gasteiger partial charge on any atom is -0.392 e. The van der Waals surface area contributed by atoms with Gasteiger partial charge in [0.25, 0.3) is 0 Å². The number of aromatic amines is 1. The molecule has 0 atom stereocenters. The highest BCUT2D eigenvalue weighted by Crippen LogP contribution is 2.09. The van der Waals surface area contributed by atoms with E-state index >= 15 is 0 Å². The standard InChI is InChI=1S/C7H8BrN3O/c1-2-3-12-10-5-7-6(8)4-9-11-7/h2,4-5H,1,3H2,(H,9,11)/b10-5-. The summed E-state index contributed by atoms with van der Waals surface area (Å²) in [5.41, 5.74) is 0.777. The Labute approximate surface area is 78.4 Å². The molecular weight excluding hydrogens is 222 g/mol. The van der Waals surface area contributed by atoms with Crippen molar-refractivity contribution in [3.8, 4) is 0 Å². The highest BCUT2D eigenvalue weighted by atomic mass is 79.9. The second-order valence-electron chi connectivity index (χ2n) is 1.95. The Morgan fingerprint density at radius 3 is 3.25 bits per heavy atom. The zero-order valence-corrected chi connectivity index (χ0v) is 7.91. The number of hydrogen-bond acceptors (Lipinski definition) is 3. The summed E-state index contributed by atoms with van der Waals surface area (Å²) in [4.78, 5) is 4.79. The van der Waals surface area contributed by atoms with Crippen LogP contribution in [0, 0.1) is 0 Å². The summed E-state index contributed by atoms with van der Waals surface area (Å²) in [6.07, 6.45) is 4.81. The van der Waals surface area contributed by atoms with Crippen molar-refractivity contribution >= 4 is 22.1 Å². The third-order valence-electron chi connectivity index (χ3n) is 1.07. The second kappa shape index (κ2) is 4.71. The molecule has 0 aliphatic heterocycles. The normalized spacial score (nSPS) is 10.4. The maximum Gasteiger partial charge on any atom is 0.135 e. The van der Waals surface area contributed by atoms with E-state index in [4.69, 9.17) is 4.84 Å². The van der Waals surface area contributed by atoms with Gasteiger partial charge in [-0.05, 0) is 15.9 Å². The Kier molecular flexibility index (Phi) is 3.53. The molecule has 0 aliphatic rings. The van der Waals surface area contributed by atoms with Crippen molar-refractivity contribution in [3.05, 3.63) is 29.0 Å². The van der Waals surface area contributed by atoms with Crippen molar-refractivity contribution in [2.24, 2.45) is 5.16 Å². The van der Waals surface area contributed by atoms with E-state index in [-0.39, 0.29) is 0 Å². The minimum atomic E-state index is 0.405. The van der Waals surface area contributed by atoms with Crippen LogP contribution in [-0.2, 0) is 4.84 Å². The monoisotopic (exact) mass is 229 g/mol. The van der Waals surface area contributed by atoms with Crippen molar-refractivity contribution in [1.29, 1.82) is 0 Å². The molecule has 0 amide bonds. The van der Waals surface area contributed by atoms with E-state index in [1.807, 2.05) is 0 Å². The van der Waals surface area contributed by atoms with Gasteiger partial charge in [-0.15, -0.1) is 0 Å². The smallest absolute Gasteiger partial charge is 0.135 e. The third-order valence-corrected chi connectivity index (χ3v) is 1.70. The molecule has 1 aromatic rings. The van der Waals surface area contributed by atoms with Gasteiger partial charge in [0, 0.05) is 0 Å². The van der Waals surface area contributed by atoms with E-state index in [9.17, 15) is 0 Å². The van der Waals surface area contributed by atoms with E-state index in [1.54, 1.807) is 18.5 Å². The summed E-state index contributed by atoms with van der Waals surface area (Å²) < 4.78 is 0.855. The lowest BCUT2D eigenvalue weighted by Crippen LogP contribution is -1.86. The summed E-state index contributed by atoms with van der Waals surface area (Å²) >= 11 is 3.27. The lowest BCUT2D eigenvalue weighted by Gasteiger charge is -1.90. The number of hydrogen-bond donors (Lipinski definition) is 1. The molecule has 0 spiro atoms. The Morgan fingerprint density at radius 1 is 1.83 bits per heavy atom. The fraction of sp³-hybridized carbons (Fsp3) is 0.143. The predicted octanol–water partition coefficient (Wildman–Crippen LogP) is 1.71. The van der Waals surface area contributed by atoms with Gasteiger partial charge >= 0.3 is 0 Å². The molecule has 0 saturated carbocycles. The molecule has 4 nitrogen and oxygen atoms in total. The van der Waals surface area contributed by atoms with Crippen molar-refractivity contribution in [1.82, 2.24) is 10.2 Å². The summed E-state index contributed by atoms with van der Waals surface area (Å²) in [6.45, 7) is 3.89. The fourth-order valence-electron chi connectivity index (χ4n) is 0.558. The van der Waals surface area contributed by atoms with Crippen LogP contribution in [0.4, 0.5) is 0 Å². The average molecular weight is 230 g/mol. The molecule has 1 rings (SSSR count). The molecule has 64 valence electrons. The zero-order valence-electron chi connectivity index (χ0n) is 6.33. The Bertz CT molecular complexity index is 282. The summed E-state index contributed by atoms with van der Waals surface area (Å²) in [5, 5.41) is 10.2. The molecule has 0 bridgehead atoms. The van der Waals surface area contributed by atoms with E-state index in [0.29, 0.717) is 6.61 Å². The molecule has 5 heteroatoms. The van der Waals surface area contributed by atoms with Gasteiger partial charge in [-0.1, -0.05) is 17.8 Å². The van der Waals surface area contributed by atoms with E-state index < -0.39 is 0 Å². The lowest BCUT2D eigenvalue weighted by molar-refractivity contribution is 0.176. The molecule has 0 aromatic carbocycles. The summed E-state index contributed by atoms with van der Waals surface area (Å²) in [7, 11) is 0. The van der Waals surface area contributed by atoms with Crippen LogP contribution >= 0.6 is 15.9 Å². The van der Waals surface area contributed by atoms with Gasteiger partial charge in [0.1, 0.15) is 6.61 Å². The van der Waals surface area contributed by atoms with Gasteiger partial charge < -0.3 is 4.84 Å². The zero-order chi connectivity index (χ0) is 8.81. The van der Waals surface area contributed by atoms with Gasteiger partial charge in [0.05, 0.1) is 22.6 Å². The summed E-state index contributed by atoms with van der Waals surface area (Å²) in [6, 6.07) is 0. The van der Waals surface area contributed by atoms with E-state index in [2.05, 4.69) is 37.9 Å². The topological polar surface area (TPSA) is 50.3 Å². The van der Waals surface area contributed by atoms with Crippen LogP contribution < -0.4 is 0 Å². The average Bonchev–Trinajstić information content (AvgIpc) is 2.46. The molecule has 0 fully saturated rings. The first-order valence-electron chi connectivity index (χ1n) is 3.29. The Hall–Kier alpha value is -1.10. The molecule has 1 N–H and O–H groups in total. The van der Waals surface area contributed by atoms with Gasteiger partial charge in [-0.2, -0.15) is 5.10 Å². The molecule has 1 aromatic heterocycles. The fourth-order valence-corrected chi connectivity index (χ4v) is 0.851. The third kappa shape index (κ3) is 2.50. The number of oxime groups is 1. The highest BCUT2D eigenvalue weighted by Gasteiger charge is 1.96. The largest absolute Gasteiger partial charge is 0.392 e. The molecule has 0 unspecified atom stereocenters. The number of halogens is 1. The van der Waals surface area contributed by atoms with Crippen molar-refractivity contribution < 1.29 is 4.84 Å². The number of aromatic nitrogens is 2. The van der Waals surface area contributed by atoms with Crippen molar-refractivity contribution in [3.63, 3.8) is 0 Å². The number of rotatable bonds is 4. The van der Waals surface area contributed by atoms with Crippen LogP contribution in [0.25, 0.3) is 0 Å². The van der Waals surface area contributed by atoms with Gasteiger partial charge in [0.2, 0.25) is 0 Å². The quantitative estimate of drug-likeness (QED) is 0.370. The molecule has 12 heavy (non-hydrogen) atoms. The Balaban J connectivity index is 2.46. The van der Waals surface area contributed by atoms with E-state index in [0.717, 1.165) is 10.2 Å². The second-order valence-corrected chi connectivity index (χ2v) is 2.80. The molecule has 1 heterocycles.